The molecule has 2 atom stereocenters. The number of anilines is 1. The van der Waals surface area contributed by atoms with Gasteiger partial charge in [0.05, 0.1) is 5.92 Å². The third kappa shape index (κ3) is 3.11. The molecule has 0 aromatic heterocycles. The summed E-state index contributed by atoms with van der Waals surface area (Å²) in [5, 5.41) is 3.34. The third-order valence-corrected chi connectivity index (χ3v) is 5.02. The molecule has 1 aromatic rings. The molecule has 2 aliphatic rings. The van der Waals surface area contributed by atoms with Gasteiger partial charge in [-0.3, -0.25) is 9.59 Å². The number of benzene rings is 1. The number of hydrogen-bond donors (Lipinski definition) is 1. The van der Waals surface area contributed by atoms with Crippen molar-refractivity contribution in [3.63, 3.8) is 0 Å². The summed E-state index contributed by atoms with van der Waals surface area (Å²) < 4.78 is 0. The van der Waals surface area contributed by atoms with E-state index in [0.717, 1.165) is 30.9 Å². The van der Waals surface area contributed by atoms with Gasteiger partial charge in [0.25, 0.3) is 0 Å². The SMILES string of the molecule is Cc1cccc(N2CC(C(=O)N3CCNC(C)C3)CC2=O)c1C. The Morgan fingerprint density at radius 1 is 1.26 bits per heavy atom. The zero-order valence-corrected chi connectivity index (χ0v) is 14.1. The molecular formula is C18H25N3O2. The predicted octanol–water partition coefficient (Wildman–Crippen LogP) is 1.48. The Balaban J connectivity index is 1.74. The lowest BCUT2D eigenvalue weighted by Crippen LogP contribution is -2.53. The van der Waals surface area contributed by atoms with E-state index in [0.29, 0.717) is 19.0 Å². The highest BCUT2D eigenvalue weighted by molar-refractivity contribution is 6.01. The molecule has 124 valence electrons. The zero-order chi connectivity index (χ0) is 16.6. The van der Waals surface area contributed by atoms with Crippen LogP contribution in [-0.4, -0.2) is 48.9 Å². The van der Waals surface area contributed by atoms with Gasteiger partial charge in [-0.2, -0.15) is 0 Å². The lowest BCUT2D eigenvalue weighted by atomic mass is 10.1. The summed E-state index contributed by atoms with van der Waals surface area (Å²) in [6, 6.07) is 6.31. The highest BCUT2D eigenvalue weighted by Gasteiger charge is 2.38. The zero-order valence-electron chi connectivity index (χ0n) is 14.1. The highest BCUT2D eigenvalue weighted by atomic mass is 16.2. The maximum Gasteiger partial charge on any atom is 0.228 e. The third-order valence-electron chi connectivity index (χ3n) is 5.02. The van der Waals surface area contributed by atoms with Crippen LogP contribution in [0.4, 0.5) is 5.69 Å². The Morgan fingerprint density at radius 2 is 2.04 bits per heavy atom. The monoisotopic (exact) mass is 315 g/mol. The number of piperazine rings is 1. The van der Waals surface area contributed by atoms with Gasteiger partial charge in [0.2, 0.25) is 11.8 Å². The Hall–Kier alpha value is -1.88. The number of amides is 2. The molecule has 0 bridgehead atoms. The maximum absolute atomic E-state index is 12.7. The largest absolute Gasteiger partial charge is 0.340 e. The molecule has 5 nitrogen and oxygen atoms in total. The first-order chi connectivity index (χ1) is 11.0. The summed E-state index contributed by atoms with van der Waals surface area (Å²) in [5.41, 5.74) is 3.23. The summed E-state index contributed by atoms with van der Waals surface area (Å²) in [6.45, 7) is 8.95. The lowest BCUT2D eigenvalue weighted by Gasteiger charge is -2.33. The number of nitrogens with zero attached hydrogens (tertiary/aromatic N) is 2. The fraction of sp³-hybridized carbons (Fsp3) is 0.556. The minimum absolute atomic E-state index is 0.0558. The van der Waals surface area contributed by atoms with E-state index in [1.165, 1.54) is 5.56 Å². The lowest BCUT2D eigenvalue weighted by molar-refractivity contribution is -0.136. The van der Waals surface area contributed by atoms with Crippen LogP contribution in [0.3, 0.4) is 0 Å². The van der Waals surface area contributed by atoms with Gasteiger partial charge in [-0.15, -0.1) is 0 Å². The van der Waals surface area contributed by atoms with E-state index in [4.69, 9.17) is 0 Å². The fourth-order valence-electron chi connectivity index (χ4n) is 3.52. The van der Waals surface area contributed by atoms with Crippen molar-refractivity contribution >= 4 is 17.5 Å². The standard InChI is InChI=1S/C18H25N3O2/c1-12-5-4-6-16(14(12)3)21-11-15(9-17(21)22)18(23)20-8-7-19-13(2)10-20/h4-6,13,15,19H,7-11H2,1-3H3. The van der Waals surface area contributed by atoms with Gasteiger partial charge in [-0.25, -0.2) is 0 Å². The van der Waals surface area contributed by atoms with E-state index in [1.54, 1.807) is 4.90 Å². The Labute approximate surface area is 137 Å². The molecule has 2 amide bonds. The molecular weight excluding hydrogens is 290 g/mol. The summed E-state index contributed by atoms with van der Waals surface area (Å²) >= 11 is 0. The van der Waals surface area contributed by atoms with Gasteiger partial charge in [0, 0.05) is 44.3 Å². The Bertz CT molecular complexity index is 629. The number of aryl methyl sites for hydroxylation is 1. The van der Waals surface area contributed by atoms with E-state index in [2.05, 4.69) is 12.2 Å². The van der Waals surface area contributed by atoms with Crippen LogP contribution in [0.25, 0.3) is 0 Å². The second-order valence-electron chi connectivity index (χ2n) is 6.76. The topological polar surface area (TPSA) is 52.7 Å². The van der Waals surface area contributed by atoms with E-state index >= 15 is 0 Å². The quantitative estimate of drug-likeness (QED) is 0.899. The van der Waals surface area contributed by atoms with Crippen LogP contribution in [0.2, 0.25) is 0 Å². The first-order valence-corrected chi connectivity index (χ1v) is 8.36. The number of rotatable bonds is 2. The molecule has 1 aromatic carbocycles. The normalized spacial score (nSPS) is 25.1. The molecule has 5 heteroatoms. The van der Waals surface area contributed by atoms with Crippen molar-refractivity contribution in [1.82, 2.24) is 10.2 Å². The van der Waals surface area contributed by atoms with Crippen LogP contribution in [0.15, 0.2) is 18.2 Å². The molecule has 2 heterocycles. The number of carbonyl (C=O) groups is 2. The van der Waals surface area contributed by atoms with Crippen LogP contribution in [0.1, 0.15) is 24.5 Å². The number of carbonyl (C=O) groups excluding carboxylic acids is 2. The number of hydrogen-bond acceptors (Lipinski definition) is 3. The maximum atomic E-state index is 12.7. The molecule has 0 radical (unpaired) electrons. The first kappa shape index (κ1) is 16.0. The van der Waals surface area contributed by atoms with Crippen molar-refractivity contribution in [2.75, 3.05) is 31.1 Å². The highest BCUT2D eigenvalue weighted by Crippen LogP contribution is 2.30. The molecule has 3 rings (SSSR count). The van der Waals surface area contributed by atoms with Crippen molar-refractivity contribution < 1.29 is 9.59 Å². The van der Waals surface area contributed by atoms with Crippen molar-refractivity contribution in [2.45, 2.75) is 33.2 Å². The summed E-state index contributed by atoms with van der Waals surface area (Å²) in [7, 11) is 0. The van der Waals surface area contributed by atoms with Crippen molar-refractivity contribution in [2.24, 2.45) is 5.92 Å². The molecule has 2 fully saturated rings. The Morgan fingerprint density at radius 3 is 2.78 bits per heavy atom. The average Bonchev–Trinajstić information content (AvgIpc) is 2.91. The van der Waals surface area contributed by atoms with E-state index < -0.39 is 0 Å². The van der Waals surface area contributed by atoms with Crippen LogP contribution in [-0.2, 0) is 9.59 Å². The minimum Gasteiger partial charge on any atom is -0.340 e. The van der Waals surface area contributed by atoms with Crippen LogP contribution < -0.4 is 10.2 Å². The first-order valence-electron chi connectivity index (χ1n) is 8.36. The van der Waals surface area contributed by atoms with Gasteiger partial charge < -0.3 is 15.1 Å². The molecule has 0 aliphatic carbocycles. The average molecular weight is 315 g/mol. The molecule has 2 unspecified atom stereocenters. The molecule has 2 saturated heterocycles. The smallest absolute Gasteiger partial charge is 0.228 e. The van der Waals surface area contributed by atoms with E-state index in [-0.39, 0.29) is 17.7 Å². The van der Waals surface area contributed by atoms with Gasteiger partial charge in [-0.05, 0) is 38.0 Å². The van der Waals surface area contributed by atoms with Crippen LogP contribution >= 0.6 is 0 Å². The fourth-order valence-corrected chi connectivity index (χ4v) is 3.52. The molecule has 1 N–H and O–H groups in total. The summed E-state index contributed by atoms with van der Waals surface area (Å²) in [6.07, 6.45) is 0.324. The van der Waals surface area contributed by atoms with E-state index in [1.807, 2.05) is 36.9 Å². The van der Waals surface area contributed by atoms with Crippen LogP contribution in [0.5, 0.6) is 0 Å². The Kier molecular flexibility index (Phi) is 4.39. The minimum atomic E-state index is -0.215. The van der Waals surface area contributed by atoms with Gasteiger partial charge in [-0.1, -0.05) is 12.1 Å². The predicted molar refractivity (Wildman–Crippen MR) is 90.4 cm³/mol. The van der Waals surface area contributed by atoms with Gasteiger partial charge >= 0.3 is 0 Å². The molecule has 2 aliphatic heterocycles. The van der Waals surface area contributed by atoms with Crippen molar-refractivity contribution in [3.05, 3.63) is 29.3 Å². The molecule has 0 spiro atoms. The molecule has 23 heavy (non-hydrogen) atoms. The van der Waals surface area contributed by atoms with E-state index in [9.17, 15) is 9.59 Å². The van der Waals surface area contributed by atoms with Crippen molar-refractivity contribution in [3.8, 4) is 0 Å². The van der Waals surface area contributed by atoms with Crippen LogP contribution in [0, 0.1) is 19.8 Å². The summed E-state index contributed by atoms with van der Waals surface area (Å²) in [5.74, 6) is -0.0348. The second kappa shape index (κ2) is 6.32. The number of nitrogens with one attached hydrogen (secondary N) is 1. The molecule has 0 saturated carbocycles. The second-order valence-corrected chi connectivity index (χ2v) is 6.76. The van der Waals surface area contributed by atoms with Crippen molar-refractivity contribution in [1.29, 1.82) is 0 Å². The summed E-state index contributed by atoms with van der Waals surface area (Å²) in [4.78, 5) is 28.9. The van der Waals surface area contributed by atoms with Gasteiger partial charge in [0.15, 0.2) is 0 Å². The van der Waals surface area contributed by atoms with Gasteiger partial charge in [0.1, 0.15) is 0 Å².